The number of benzene rings is 2. The van der Waals surface area contributed by atoms with Crippen LogP contribution in [0.2, 0.25) is 0 Å². The van der Waals surface area contributed by atoms with E-state index >= 15 is 0 Å². The second-order valence-corrected chi connectivity index (χ2v) is 10.1. The fourth-order valence-corrected chi connectivity index (χ4v) is 4.78. The number of aromatic nitrogens is 3. The second-order valence-electron chi connectivity index (χ2n) is 10.1. The van der Waals surface area contributed by atoms with E-state index < -0.39 is 0 Å². The number of fused-ring (bicyclic) bond motifs is 1. The summed E-state index contributed by atoms with van der Waals surface area (Å²) in [6.07, 6.45) is 10.2. The quantitative estimate of drug-likeness (QED) is 0.287. The first kappa shape index (κ1) is 27.0. The van der Waals surface area contributed by atoms with E-state index in [1.54, 1.807) is 13.3 Å². The third kappa shape index (κ3) is 5.69. The summed E-state index contributed by atoms with van der Waals surface area (Å²) < 4.78 is 7.87. The summed E-state index contributed by atoms with van der Waals surface area (Å²) in [6.45, 7) is 1.63. The minimum atomic E-state index is -0.127. The topological polar surface area (TPSA) is 87.5 Å². The number of carbonyl (C=O) groups is 1. The monoisotopic (exact) mass is 537 g/mol. The lowest BCUT2D eigenvalue weighted by Crippen LogP contribution is -2.29. The van der Waals surface area contributed by atoms with Gasteiger partial charge in [0.15, 0.2) is 0 Å². The molecule has 0 radical (unpaired) electrons. The van der Waals surface area contributed by atoms with Gasteiger partial charge < -0.3 is 29.7 Å². The van der Waals surface area contributed by atoms with Gasteiger partial charge in [-0.15, -0.1) is 0 Å². The molecule has 2 aromatic carbocycles. The van der Waals surface area contributed by atoms with Crippen LogP contribution in [0, 0.1) is 0 Å². The van der Waals surface area contributed by atoms with Crippen LogP contribution in [0.3, 0.4) is 0 Å². The lowest BCUT2D eigenvalue weighted by Gasteiger charge is -2.26. The van der Waals surface area contributed by atoms with Crippen LogP contribution in [-0.4, -0.2) is 66.7 Å². The van der Waals surface area contributed by atoms with Gasteiger partial charge in [0.05, 0.1) is 29.9 Å². The summed E-state index contributed by atoms with van der Waals surface area (Å²) in [5.74, 6) is 0.917. The van der Waals surface area contributed by atoms with Crippen molar-refractivity contribution in [3.63, 3.8) is 0 Å². The highest BCUT2D eigenvalue weighted by molar-refractivity contribution is 6.07. The fourth-order valence-electron chi connectivity index (χ4n) is 4.78. The number of carbonyl (C=O) groups excluding carboxylic acids is 1. The van der Waals surface area contributed by atoms with Gasteiger partial charge in [0.25, 0.3) is 5.91 Å². The lowest BCUT2D eigenvalue weighted by atomic mass is 10.1. The molecule has 2 aromatic heterocycles. The maximum Gasteiger partial charge on any atom is 0.251 e. The minimum Gasteiger partial charge on any atom is -0.494 e. The van der Waals surface area contributed by atoms with E-state index in [4.69, 9.17) is 9.72 Å². The molecule has 0 aliphatic heterocycles. The number of hydrogen-bond acceptors (Lipinski definition) is 7. The van der Waals surface area contributed by atoms with Crippen molar-refractivity contribution in [1.82, 2.24) is 19.4 Å². The van der Waals surface area contributed by atoms with Crippen molar-refractivity contribution < 1.29 is 9.53 Å². The van der Waals surface area contributed by atoms with Crippen LogP contribution in [0.4, 0.5) is 23.0 Å². The van der Waals surface area contributed by atoms with E-state index in [-0.39, 0.29) is 5.91 Å². The number of ether oxygens (including phenoxy) is 1. The highest BCUT2D eigenvalue weighted by atomic mass is 16.5. The molecule has 9 heteroatoms. The molecule has 1 aliphatic carbocycles. The van der Waals surface area contributed by atoms with Crippen molar-refractivity contribution in [1.29, 1.82) is 0 Å². The molecule has 2 heterocycles. The molecule has 40 heavy (non-hydrogen) atoms. The minimum absolute atomic E-state index is 0.127. The molecule has 0 atom stereocenters. The zero-order chi connectivity index (χ0) is 28.2. The van der Waals surface area contributed by atoms with Crippen molar-refractivity contribution in [2.24, 2.45) is 7.05 Å². The lowest BCUT2D eigenvalue weighted by molar-refractivity contribution is -0.112. The van der Waals surface area contributed by atoms with E-state index in [1.807, 2.05) is 76.8 Å². The Hall–Kier alpha value is -4.63. The number of nitrogens with zero attached hydrogens (tertiary/aromatic N) is 5. The SMILES string of the molecule is COc1cc(N(C)CCN(C)C)c(NC(=O)C2=CC=CC2)cc1Nc1nccc(-c2cn(C)c3ccccc23)n1. The summed E-state index contributed by atoms with van der Waals surface area (Å²) >= 11 is 0. The molecule has 1 amide bonds. The van der Waals surface area contributed by atoms with E-state index in [9.17, 15) is 4.79 Å². The smallest absolute Gasteiger partial charge is 0.251 e. The average molecular weight is 538 g/mol. The molecule has 0 spiro atoms. The maximum atomic E-state index is 13.1. The summed E-state index contributed by atoms with van der Waals surface area (Å²) in [7, 11) is 9.74. The number of hydrogen-bond donors (Lipinski definition) is 2. The zero-order valence-corrected chi connectivity index (χ0v) is 23.6. The van der Waals surface area contributed by atoms with Gasteiger partial charge >= 0.3 is 0 Å². The normalized spacial score (nSPS) is 12.6. The summed E-state index contributed by atoms with van der Waals surface area (Å²) in [6, 6.07) is 14.0. The number of likely N-dealkylation sites (N-methyl/N-ethyl adjacent to an activating group) is 2. The molecule has 9 nitrogen and oxygen atoms in total. The highest BCUT2D eigenvalue weighted by Crippen LogP contribution is 2.38. The molecule has 5 rings (SSSR count). The first-order valence-electron chi connectivity index (χ1n) is 13.2. The van der Waals surface area contributed by atoms with Crippen LogP contribution < -0.4 is 20.3 Å². The van der Waals surface area contributed by atoms with Gasteiger partial charge in [0.1, 0.15) is 5.75 Å². The Morgan fingerprint density at radius 3 is 2.67 bits per heavy atom. The Bertz CT molecular complexity index is 1600. The van der Waals surface area contributed by atoms with E-state index in [1.165, 1.54) is 0 Å². The van der Waals surface area contributed by atoms with Gasteiger partial charge in [-0.05, 0) is 38.7 Å². The second kappa shape index (κ2) is 11.6. The van der Waals surface area contributed by atoms with Crippen molar-refractivity contribution in [2.75, 3.05) is 56.9 Å². The Morgan fingerprint density at radius 2 is 1.93 bits per heavy atom. The summed E-state index contributed by atoms with van der Waals surface area (Å²) in [5.41, 5.74) is 5.87. The number of methoxy groups -OCH3 is 1. The molecule has 0 saturated heterocycles. The molecule has 206 valence electrons. The van der Waals surface area contributed by atoms with Gasteiger partial charge in [-0.25, -0.2) is 9.97 Å². The van der Waals surface area contributed by atoms with E-state index in [2.05, 4.69) is 48.3 Å². The number of amides is 1. The molecule has 4 aromatic rings. The van der Waals surface area contributed by atoms with Crippen molar-refractivity contribution in [2.45, 2.75) is 6.42 Å². The van der Waals surface area contributed by atoms with Crippen LogP contribution >= 0.6 is 0 Å². The Morgan fingerprint density at radius 1 is 1.10 bits per heavy atom. The Balaban J connectivity index is 1.49. The highest BCUT2D eigenvalue weighted by Gasteiger charge is 2.19. The Labute approximate surface area is 234 Å². The number of rotatable bonds is 10. The average Bonchev–Trinajstić information content (AvgIpc) is 3.61. The summed E-state index contributed by atoms with van der Waals surface area (Å²) in [4.78, 5) is 26.6. The number of aryl methyl sites for hydroxylation is 1. The molecular weight excluding hydrogens is 502 g/mol. The zero-order valence-electron chi connectivity index (χ0n) is 23.6. The predicted molar refractivity (Wildman–Crippen MR) is 163 cm³/mol. The summed E-state index contributed by atoms with van der Waals surface area (Å²) in [5, 5.41) is 7.57. The molecule has 0 bridgehead atoms. The van der Waals surface area contributed by atoms with Gasteiger partial charge in [0.2, 0.25) is 5.95 Å². The largest absolute Gasteiger partial charge is 0.494 e. The van der Waals surface area contributed by atoms with Crippen molar-refractivity contribution in [3.05, 3.63) is 78.7 Å². The van der Waals surface area contributed by atoms with E-state index in [0.29, 0.717) is 29.5 Å². The third-order valence-corrected chi connectivity index (χ3v) is 7.00. The molecule has 0 unspecified atom stereocenters. The van der Waals surface area contributed by atoms with Crippen LogP contribution in [-0.2, 0) is 11.8 Å². The third-order valence-electron chi connectivity index (χ3n) is 7.00. The first-order valence-corrected chi connectivity index (χ1v) is 13.2. The van der Waals surface area contributed by atoms with Crippen molar-refractivity contribution in [3.8, 4) is 17.0 Å². The van der Waals surface area contributed by atoms with Gasteiger partial charge in [-0.1, -0.05) is 36.4 Å². The standard InChI is InChI=1S/C31H35N7O2/c1-36(2)16-17-37(3)28-19-29(40-5)26(18-25(28)33-30(39)21-10-6-7-11-21)35-31-32-15-14-24(34-31)23-20-38(4)27-13-9-8-12-22(23)27/h6-10,12-15,18-20H,11,16-17H2,1-5H3,(H,33,39)(H,32,34,35). The molecule has 1 aliphatic rings. The van der Waals surface area contributed by atoms with Crippen LogP contribution in [0.1, 0.15) is 6.42 Å². The number of allylic oxidation sites excluding steroid dienone is 3. The first-order chi connectivity index (χ1) is 19.3. The fraction of sp³-hybridized carbons (Fsp3) is 0.258. The molecule has 2 N–H and O–H groups in total. The van der Waals surface area contributed by atoms with Gasteiger partial charge in [-0.3, -0.25) is 4.79 Å². The van der Waals surface area contributed by atoms with Crippen molar-refractivity contribution >= 4 is 39.8 Å². The van der Waals surface area contributed by atoms with Crippen LogP contribution in [0.5, 0.6) is 5.75 Å². The Kier molecular flexibility index (Phi) is 7.84. The van der Waals surface area contributed by atoms with Crippen LogP contribution in [0.25, 0.3) is 22.2 Å². The molecular formula is C31H35N7O2. The van der Waals surface area contributed by atoms with Gasteiger partial charge in [0, 0.05) is 67.7 Å². The number of nitrogens with one attached hydrogen (secondary N) is 2. The number of anilines is 4. The van der Waals surface area contributed by atoms with E-state index in [0.717, 1.165) is 46.5 Å². The van der Waals surface area contributed by atoms with Gasteiger partial charge in [-0.2, -0.15) is 0 Å². The number of para-hydroxylation sites is 1. The molecule has 0 saturated carbocycles. The molecule has 0 fully saturated rings. The van der Waals surface area contributed by atoms with Crippen LogP contribution in [0.15, 0.2) is 78.7 Å². The maximum absolute atomic E-state index is 13.1. The predicted octanol–water partition coefficient (Wildman–Crippen LogP) is 5.21.